The van der Waals surface area contributed by atoms with Gasteiger partial charge in [-0.25, -0.2) is 43.9 Å². The first-order valence-corrected chi connectivity index (χ1v) is 6.44. The normalized spacial score (nSPS) is 11.0. The second kappa shape index (κ2) is 6.70. The molecule has 140 valence electrons. The molecule has 0 bridgehead atoms. The summed E-state index contributed by atoms with van der Waals surface area (Å²) in [7, 11) is 0. The van der Waals surface area contributed by atoms with Crippen LogP contribution in [-0.4, -0.2) is 5.24 Å². The van der Waals surface area contributed by atoms with Crippen molar-refractivity contribution in [1.29, 1.82) is 0 Å². The zero-order valence-corrected chi connectivity index (χ0v) is 12.5. The number of carbonyl (C=O) groups excluding carboxylic acids is 1. The number of rotatable bonds is 2. The predicted octanol–water partition coefficient (Wildman–Crippen LogP) is 5.27. The molecule has 0 saturated heterocycles. The van der Waals surface area contributed by atoms with Gasteiger partial charge in [0.15, 0.2) is 46.5 Å². The molecule has 1 amide bonds. The van der Waals surface area contributed by atoms with Gasteiger partial charge in [0.2, 0.25) is 11.6 Å². The molecule has 0 aliphatic heterocycles. The van der Waals surface area contributed by atoms with E-state index >= 15 is 0 Å². The van der Waals surface area contributed by atoms with Crippen molar-refractivity contribution in [2.24, 2.45) is 0 Å². The largest absolute Gasteiger partial charge is 0.287 e. The van der Waals surface area contributed by atoms with E-state index in [2.05, 4.69) is 12.6 Å². The molecule has 0 fully saturated rings. The van der Waals surface area contributed by atoms with Crippen molar-refractivity contribution in [3.05, 3.63) is 58.2 Å². The lowest BCUT2D eigenvalue weighted by molar-refractivity contribution is 0.266. The molecule has 0 aliphatic rings. The molecule has 2 aromatic carbocycles. The number of amides is 1. The molecule has 2 rings (SSSR count). The van der Waals surface area contributed by atoms with Crippen LogP contribution in [0.15, 0.2) is 0 Å². The Morgan fingerprint density at radius 3 is 0.885 bits per heavy atom. The Hall–Kier alpha value is -2.44. The summed E-state index contributed by atoms with van der Waals surface area (Å²) < 4.78 is 134. The summed E-state index contributed by atoms with van der Waals surface area (Å²) in [6, 6.07) is 0. The Morgan fingerprint density at radius 1 is 0.500 bits per heavy atom. The third kappa shape index (κ3) is 2.75. The van der Waals surface area contributed by atoms with Crippen LogP contribution in [0.5, 0.6) is 0 Å². The number of thiol groups is 1. The van der Waals surface area contributed by atoms with E-state index in [4.69, 9.17) is 0 Å². The third-order valence-corrected chi connectivity index (χ3v) is 3.21. The Morgan fingerprint density at radius 2 is 0.692 bits per heavy atom. The predicted molar refractivity (Wildman–Crippen MR) is 69.0 cm³/mol. The lowest BCUT2D eigenvalue weighted by Crippen LogP contribution is -2.27. The maximum atomic E-state index is 13.8. The number of nitrogens with zero attached hydrogens (tertiary/aromatic N) is 1. The average Bonchev–Trinajstić information content (AvgIpc) is 2.60. The molecule has 0 aliphatic carbocycles. The highest BCUT2D eigenvalue weighted by molar-refractivity contribution is 7.97. The molecule has 13 heteroatoms. The molecule has 0 atom stereocenters. The molecule has 0 aromatic heterocycles. The first kappa shape index (κ1) is 19.9. The molecule has 0 heterocycles. The number of benzene rings is 2. The minimum Gasteiger partial charge on any atom is -0.261 e. The van der Waals surface area contributed by atoms with Crippen LogP contribution in [0.4, 0.5) is 60.1 Å². The summed E-state index contributed by atoms with van der Waals surface area (Å²) in [5, 5.41) is -2.11. The first-order chi connectivity index (χ1) is 11.9. The fraction of sp³-hybridized carbons (Fsp3) is 0. The standard InChI is InChI=1S/C13HF10NOS/c14-1-3(16)7(20)11(8(21)4(1)17)24(13(25)26)12-9(22)5(18)2(15)6(19)10(12)23/h(H,25,26). The van der Waals surface area contributed by atoms with Gasteiger partial charge in [-0.2, -0.15) is 0 Å². The van der Waals surface area contributed by atoms with Crippen LogP contribution < -0.4 is 4.90 Å². The molecule has 0 spiro atoms. The van der Waals surface area contributed by atoms with Crippen molar-refractivity contribution in [1.82, 2.24) is 0 Å². The van der Waals surface area contributed by atoms with Gasteiger partial charge in [0.25, 0.3) is 5.24 Å². The van der Waals surface area contributed by atoms with Crippen molar-refractivity contribution in [3.63, 3.8) is 0 Å². The molecule has 0 N–H and O–H groups in total. The average molecular weight is 409 g/mol. The Labute approximate surface area is 142 Å². The van der Waals surface area contributed by atoms with E-state index < -0.39 is 79.7 Å². The zero-order valence-electron chi connectivity index (χ0n) is 11.6. The van der Waals surface area contributed by atoms with Gasteiger partial charge in [0.1, 0.15) is 11.4 Å². The first-order valence-electron chi connectivity index (χ1n) is 5.99. The van der Waals surface area contributed by atoms with Crippen LogP contribution in [0.25, 0.3) is 0 Å². The molecule has 0 saturated carbocycles. The van der Waals surface area contributed by atoms with Crippen LogP contribution >= 0.6 is 12.6 Å². The fourth-order valence-electron chi connectivity index (χ4n) is 1.88. The molecule has 2 nitrogen and oxygen atoms in total. The van der Waals surface area contributed by atoms with Crippen molar-refractivity contribution in [2.45, 2.75) is 0 Å². The molecule has 2 aromatic rings. The minimum atomic E-state index is -2.72. The van der Waals surface area contributed by atoms with E-state index in [-0.39, 0.29) is 0 Å². The van der Waals surface area contributed by atoms with E-state index in [9.17, 15) is 48.7 Å². The smallest absolute Gasteiger partial charge is 0.261 e. The highest BCUT2D eigenvalue weighted by Crippen LogP contribution is 2.39. The van der Waals surface area contributed by atoms with Gasteiger partial charge in [-0.3, -0.25) is 9.69 Å². The summed E-state index contributed by atoms with van der Waals surface area (Å²) in [4.78, 5) is 10.4. The van der Waals surface area contributed by atoms with Gasteiger partial charge in [0, 0.05) is 0 Å². The second-order valence-corrected chi connectivity index (χ2v) is 4.84. The van der Waals surface area contributed by atoms with Gasteiger partial charge in [-0.1, -0.05) is 12.6 Å². The van der Waals surface area contributed by atoms with E-state index in [1.165, 1.54) is 0 Å². The van der Waals surface area contributed by atoms with E-state index in [0.717, 1.165) is 0 Å². The highest BCUT2D eigenvalue weighted by Gasteiger charge is 2.37. The van der Waals surface area contributed by atoms with Crippen LogP contribution in [0, 0.1) is 58.2 Å². The SMILES string of the molecule is O=C(S)N(c1c(F)c(F)c(F)c(F)c1F)c1c(F)c(F)c(F)c(F)c1F. The lowest BCUT2D eigenvalue weighted by Gasteiger charge is -2.23. The van der Waals surface area contributed by atoms with Crippen molar-refractivity contribution in [3.8, 4) is 0 Å². The van der Waals surface area contributed by atoms with Crippen molar-refractivity contribution in [2.75, 3.05) is 4.90 Å². The summed E-state index contributed by atoms with van der Waals surface area (Å²) >= 11 is 2.94. The lowest BCUT2D eigenvalue weighted by atomic mass is 10.2. The summed E-state index contributed by atoms with van der Waals surface area (Å²) in [5.74, 6) is -27.0. The van der Waals surface area contributed by atoms with Gasteiger partial charge in [-0.05, 0) is 0 Å². The second-order valence-electron chi connectivity index (χ2n) is 4.46. The monoisotopic (exact) mass is 409 g/mol. The topological polar surface area (TPSA) is 20.3 Å². The Balaban J connectivity index is 2.99. The highest BCUT2D eigenvalue weighted by atomic mass is 32.1. The van der Waals surface area contributed by atoms with E-state index in [1.807, 2.05) is 0 Å². The molecular formula is C13HF10NOS. The van der Waals surface area contributed by atoms with Crippen molar-refractivity contribution < 1.29 is 48.7 Å². The summed E-state index contributed by atoms with van der Waals surface area (Å²) in [5.41, 5.74) is -4.57. The number of carbonyl (C=O) groups is 1. The molecule has 0 unspecified atom stereocenters. The van der Waals surface area contributed by atoms with Gasteiger partial charge in [0.05, 0.1) is 0 Å². The summed E-state index contributed by atoms with van der Waals surface area (Å²) in [6.07, 6.45) is 0. The maximum Gasteiger partial charge on any atom is 0.287 e. The summed E-state index contributed by atoms with van der Waals surface area (Å²) in [6.45, 7) is 0. The van der Waals surface area contributed by atoms with Gasteiger partial charge >= 0.3 is 0 Å². The van der Waals surface area contributed by atoms with Crippen molar-refractivity contribution >= 4 is 29.2 Å². The van der Waals surface area contributed by atoms with E-state index in [0.29, 0.717) is 0 Å². The van der Waals surface area contributed by atoms with Gasteiger partial charge < -0.3 is 0 Å². The molecular weight excluding hydrogens is 408 g/mol. The van der Waals surface area contributed by atoms with Crippen LogP contribution in [0.2, 0.25) is 0 Å². The molecule has 26 heavy (non-hydrogen) atoms. The molecule has 0 radical (unpaired) electrons. The zero-order chi connectivity index (χ0) is 20.1. The number of hydrogen-bond acceptors (Lipinski definition) is 1. The Bertz CT molecular complexity index is 820. The van der Waals surface area contributed by atoms with Crippen LogP contribution in [-0.2, 0) is 0 Å². The van der Waals surface area contributed by atoms with Gasteiger partial charge in [-0.15, -0.1) is 0 Å². The fourth-order valence-corrected chi connectivity index (χ4v) is 2.08. The maximum absolute atomic E-state index is 13.8. The number of hydrogen-bond donors (Lipinski definition) is 1. The van der Waals surface area contributed by atoms with Crippen LogP contribution in [0.1, 0.15) is 0 Å². The van der Waals surface area contributed by atoms with E-state index in [1.54, 1.807) is 0 Å². The number of halogens is 10. The third-order valence-electron chi connectivity index (χ3n) is 3.01. The van der Waals surface area contributed by atoms with Crippen LogP contribution in [0.3, 0.4) is 0 Å². The minimum absolute atomic E-state index is 0.977. The quantitative estimate of drug-likeness (QED) is 0.310. The Kier molecular flexibility index (Phi) is 5.12. The number of anilines is 2.